The fraction of sp³-hybridized carbons (Fsp3) is 0.357. The summed E-state index contributed by atoms with van der Waals surface area (Å²) in [6, 6.07) is 5.50. The predicted octanol–water partition coefficient (Wildman–Crippen LogP) is 3.11. The molecule has 0 N–H and O–H groups in total. The van der Waals surface area contributed by atoms with Gasteiger partial charge in [-0.25, -0.2) is 4.98 Å². The second kappa shape index (κ2) is 4.84. The molecule has 19 heavy (non-hydrogen) atoms. The Bertz CT molecular complexity index is 577. The van der Waals surface area contributed by atoms with E-state index in [2.05, 4.69) is 18.8 Å². The third-order valence-electron chi connectivity index (χ3n) is 2.92. The first-order valence-corrected chi connectivity index (χ1v) is 6.18. The van der Waals surface area contributed by atoms with Crippen LogP contribution in [0.25, 0.3) is 0 Å². The van der Waals surface area contributed by atoms with Crippen molar-refractivity contribution in [1.82, 2.24) is 4.98 Å². The lowest BCUT2D eigenvalue weighted by Gasteiger charge is -2.07. The molecule has 0 fully saturated rings. The summed E-state index contributed by atoms with van der Waals surface area (Å²) < 4.78 is 21.6. The summed E-state index contributed by atoms with van der Waals surface area (Å²) in [6.45, 7) is 4.76. The highest BCUT2D eigenvalue weighted by Gasteiger charge is 2.15. The Morgan fingerprint density at radius 2 is 2.11 bits per heavy atom. The van der Waals surface area contributed by atoms with Crippen LogP contribution in [0.4, 0.5) is 0 Å². The molecule has 0 saturated heterocycles. The van der Waals surface area contributed by atoms with E-state index in [4.69, 9.17) is 18.6 Å². The van der Waals surface area contributed by atoms with Gasteiger partial charge in [0.15, 0.2) is 17.9 Å². The maximum Gasteiger partial charge on any atom is 0.231 e. The molecule has 2 heterocycles. The van der Waals surface area contributed by atoms with Crippen molar-refractivity contribution in [2.75, 3.05) is 6.79 Å². The molecule has 0 atom stereocenters. The molecule has 1 aliphatic heterocycles. The van der Waals surface area contributed by atoms with Crippen molar-refractivity contribution in [2.45, 2.75) is 26.4 Å². The van der Waals surface area contributed by atoms with E-state index >= 15 is 0 Å². The van der Waals surface area contributed by atoms with Gasteiger partial charge in [-0.15, -0.1) is 0 Å². The largest absolute Gasteiger partial charge is 0.487 e. The molecule has 0 aliphatic carbocycles. The molecule has 0 amide bonds. The van der Waals surface area contributed by atoms with E-state index in [1.807, 2.05) is 18.2 Å². The van der Waals surface area contributed by atoms with Crippen LogP contribution in [0, 0.1) is 0 Å². The van der Waals surface area contributed by atoms with E-state index in [1.54, 1.807) is 0 Å². The summed E-state index contributed by atoms with van der Waals surface area (Å²) in [5.74, 6) is 3.33. The molecule has 3 rings (SSSR count). The molecule has 0 saturated carbocycles. The zero-order valence-electron chi connectivity index (χ0n) is 10.9. The highest BCUT2D eigenvalue weighted by Crippen LogP contribution is 2.35. The Kier molecular flexibility index (Phi) is 3.03. The summed E-state index contributed by atoms with van der Waals surface area (Å²) in [4.78, 5) is 4.18. The van der Waals surface area contributed by atoms with Crippen LogP contribution in [0.15, 0.2) is 29.0 Å². The minimum absolute atomic E-state index is 0.263. The smallest absolute Gasteiger partial charge is 0.231 e. The number of fused-ring (bicyclic) bond motifs is 1. The molecule has 1 aliphatic rings. The summed E-state index contributed by atoms with van der Waals surface area (Å²) in [6.07, 6.45) is 1.45. The Labute approximate surface area is 111 Å². The van der Waals surface area contributed by atoms with Crippen molar-refractivity contribution < 1.29 is 18.6 Å². The van der Waals surface area contributed by atoms with Crippen molar-refractivity contribution in [3.8, 4) is 17.2 Å². The van der Waals surface area contributed by atoms with E-state index in [0.29, 0.717) is 12.4 Å². The maximum absolute atomic E-state index is 5.71. The maximum atomic E-state index is 5.71. The van der Waals surface area contributed by atoms with Gasteiger partial charge in [0.2, 0.25) is 6.79 Å². The fourth-order valence-electron chi connectivity index (χ4n) is 1.97. The molecule has 5 heteroatoms. The molecule has 0 unspecified atom stereocenters. The van der Waals surface area contributed by atoms with Crippen molar-refractivity contribution in [3.63, 3.8) is 0 Å². The van der Waals surface area contributed by atoms with Gasteiger partial charge in [0.1, 0.15) is 23.8 Å². The first-order valence-electron chi connectivity index (χ1n) is 6.18. The molecule has 2 aromatic rings. The Balaban J connectivity index is 1.70. The van der Waals surface area contributed by atoms with E-state index < -0.39 is 0 Å². The van der Waals surface area contributed by atoms with E-state index in [1.165, 1.54) is 6.39 Å². The Hall–Kier alpha value is -2.17. The zero-order valence-corrected chi connectivity index (χ0v) is 10.9. The number of aromatic nitrogens is 1. The van der Waals surface area contributed by atoms with Gasteiger partial charge in [0.25, 0.3) is 0 Å². The summed E-state index contributed by atoms with van der Waals surface area (Å²) >= 11 is 0. The van der Waals surface area contributed by atoms with Crippen LogP contribution in [0.2, 0.25) is 0 Å². The van der Waals surface area contributed by atoms with Crippen molar-refractivity contribution in [1.29, 1.82) is 0 Å². The monoisotopic (exact) mass is 261 g/mol. The molecule has 1 aromatic heterocycles. The summed E-state index contributed by atoms with van der Waals surface area (Å²) in [5.41, 5.74) is 0.827. The van der Waals surface area contributed by atoms with Gasteiger partial charge in [0, 0.05) is 12.0 Å². The topological polar surface area (TPSA) is 53.7 Å². The number of hydrogen-bond acceptors (Lipinski definition) is 5. The third kappa shape index (κ3) is 2.36. The van der Waals surface area contributed by atoms with Gasteiger partial charge in [0.05, 0.1) is 0 Å². The lowest BCUT2D eigenvalue weighted by molar-refractivity contribution is 0.173. The molecular weight excluding hydrogens is 246 g/mol. The minimum atomic E-state index is 0.263. The second-order valence-electron chi connectivity index (χ2n) is 4.62. The van der Waals surface area contributed by atoms with Crippen LogP contribution in [0.5, 0.6) is 17.2 Å². The van der Waals surface area contributed by atoms with Crippen LogP contribution in [0.1, 0.15) is 31.2 Å². The standard InChI is InChI=1S/C14H15NO4/c1-9(2)14-11(15-7-17-14)6-16-10-3-4-12-13(5-10)19-8-18-12/h3-5,7,9H,6,8H2,1-2H3. The minimum Gasteiger partial charge on any atom is -0.487 e. The number of hydrogen-bond donors (Lipinski definition) is 0. The Morgan fingerprint density at radius 1 is 1.26 bits per heavy atom. The molecule has 1 aromatic carbocycles. The van der Waals surface area contributed by atoms with Gasteiger partial charge in [-0.3, -0.25) is 0 Å². The van der Waals surface area contributed by atoms with Gasteiger partial charge in [-0.1, -0.05) is 13.8 Å². The number of oxazole rings is 1. The van der Waals surface area contributed by atoms with Gasteiger partial charge in [-0.05, 0) is 12.1 Å². The normalized spacial score (nSPS) is 13.0. The average molecular weight is 261 g/mol. The van der Waals surface area contributed by atoms with Crippen LogP contribution in [-0.4, -0.2) is 11.8 Å². The second-order valence-corrected chi connectivity index (χ2v) is 4.62. The third-order valence-corrected chi connectivity index (χ3v) is 2.92. The van der Waals surface area contributed by atoms with Crippen LogP contribution < -0.4 is 14.2 Å². The zero-order chi connectivity index (χ0) is 13.2. The quantitative estimate of drug-likeness (QED) is 0.846. The molecule has 100 valence electrons. The number of rotatable bonds is 4. The van der Waals surface area contributed by atoms with Gasteiger partial charge in [-0.2, -0.15) is 0 Å². The van der Waals surface area contributed by atoms with Crippen molar-refractivity contribution in [2.24, 2.45) is 0 Å². The van der Waals surface area contributed by atoms with E-state index in [-0.39, 0.29) is 12.7 Å². The highest BCUT2D eigenvalue weighted by atomic mass is 16.7. The predicted molar refractivity (Wildman–Crippen MR) is 67.5 cm³/mol. The van der Waals surface area contributed by atoms with Crippen molar-refractivity contribution in [3.05, 3.63) is 36.0 Å². The van der Waals surface area contributed by atoms with E-state index in [9.17, 15) is 0 Å². The highest BCUT2D eigenvalue weighted by molar-refractivity contribution is 5.46. The number of benzene rings is 1. The number of ether oxygens (including phenoxy) is 3. The van der Waals surface area contributed by atoms with Gasteiger partial charge >= 0.3 is 0 Å². The molecule has 0 bridgehead atoms. The molecular formula is C14H15NO4. The van der Waals surface area contributed by atoms with E-state index in [0.717, 1.165) is 23.0 Å². The SMILES string of the molecule is CC(C)c1ocnc1COc1ccc2c(c1)OCO2. The summed E-state index contributed by atoms with van der Waals surface area (Å²) in [5, 5.41) is 0. The van der Waals surface area contributed by atoms with Crippen LogP contribution in [-0.2, 0) is 6.61 Å². The van der Waals surface area contributed by atoms with Crippen LogP contribution in [0.3, 0.4) is 0 Å². The molecule has 0 radical (unpaired) electrons. The van der Waals surface area contributed by atoms with Crippen molar-refractivity contribution >= 4 is 0 Å². The lowest BCUT2D eigenvalue weighted by atomic mass is 10.1. The average Bonchev–Trinajstić information content (AvgIpc) is 3.04. The molecule has 5 nitrogen and oxygen atoms in total. The fourth-order valence-corrected chi connectivity index (χ4v) is 1.97. The van der Waals surface area contributed by atoms with Gasteiger partial charge < -0.3 is 18.6 Å². The van der Waals surface area contributed by atoms with Crippen LogP contribution >= 0.6 is 0 Å². The summed E-state index contributed by atoms with van der Waals surface area (Å²) in [7, 11) is 0. The molecule has 0 spiro atoms. The Morgan fingerprint density at radius 3 is 2.95 bits per heavy atom. The first kappa shape index (κ1) is 11.9. The first-order chi connectivity index (χ1) is 9.24. The lowest BCUT2D eigenvalue weighted by Crippen LogP contribution is -2.00. The number of nitrogens with zero attached hydrogens (tertiary/aromatic N) is 1.